The van der Waals surface area contributed by atoms with Crippen LogP contribution in [0, 0.1) is 0 Å². The summed E-state index contributed by atoms with van der Waals surface area (Å²) in [7, 11) is -0.820. The van der Waals surface area contributed by atoms with E-state index in [1.807, 2.05) is 0 Å². The van der Waals surface area contributed by atoms with Gasteiger partial charge in [0.2, 0.25) is 10.0 Å². The number of likely N-dealkylation sites (tertiary alicyclic amines) is 1. The number of hydrogen-bond donors (Lipinski definition) is 1. The topological polar surface area (TPSA) is 108 Å². The van der Waals surface area contributed by atoms with Crippen molar-refractivity contribution >= 4 is 43.4 Å². The lowest BCUT2D eigenvalue weighted by Gasteiger charge is -2.25. The number of rotatable bonds is 6. The van der Waals surface area contributed by atoms with Gasteiger partial charge in [-0.15, -0.1) is 0 Å². The summed E-state index contributed by atoms with van der Waals surface area (Å²) < 4.78 is 26.7. The number of aromatic nitrogens is 1. The lowest BCUT2D eigenvalue weighted by Crippen LogP contribution is -2.29. The highest BCUT2D eigenvalue weighted by molar-refractivity contribution is 9.10. The lowest BCUT2D eigenvalue weighted by atomic mass is 9.95. The van der Waals surface area contributed by atoms with Crippen molar-refractivity contribution in [3.63, 3.8) is 0 Å². The molecule has 1 atom stereocenters. The van der Waals surface area contributed by atoms with Crippen LogP contribution in [0.25, 0.3) is 5.76 Å². The molecule has 2 heterocycles. The second-order valence-corrected chi connectivity index (χ2v) is 11.2. The third-order valence-electron chi connectivity index (χ3n) is 5.71. The van der Waals surface area contributed by atoms with Crippen LogP contribution in [0.5, 0.6) is 0 Å². The fourth-order valence-electron chi connectivity index (χ4n) is 3.87. The Balaban J connectivity index is 1.82. The maximum Gasteiger partial charge on any atom is 0.295 e. The number of aliphatic hydroxyl groups excluding tert-OH is 1. The maximum absolute atomic E-state index is 13.2. The van der Waals surface area contributed by atoms with Crippen molar-refractivity contribution < 1.29 is 23.1 Å². The fourth-order valence-corrected chi connectivity index (χ4v) is 5.04. The van der Waals surface area contributed by atoms with Gasteiger partial charge in [-0.3, -0.25) is 14.6 Å². The standard InChI is InChI=1S/C25H22BrN3O5S/c1-28(2)35(33,34)20-11-7-18(8-12-20)23(30)21-22(17-5-9-19(26)10-6-17)29(25(32)24(21)31)15-16-4-3-13-27-14-16/h3-14,22,30H,15H2,1-2H3/t22-/m0/s1. The summed E-state index contributed by atoms with van der Waals surface area (Å²) in [6.07, 6.45) is 3.23. The molecule has 1 amide bonds. The molecule has 3 aromatic rings. The number of carbonyl (C=O) groups excluding carboxylic acids is 2. The summed E-state index contributed by atoms with van der Waals surface area (Å²) in [5.74, 6) is -1.93. The number of sulfonamides is 1. The predicted octanol–water partition coefficient (Wildman–Crippen LogP) is 3.72. The van der Waals surface area contributed by atoms with Crippen molar-refractivity contribution in [1.29, 1.82) is 0 Å². The minimum Gasteiger partial charge on any atom is -0.507 e. The molecule has 0 unspecified atom stereocenters. The summed E-state index contributed by atoms with van der Waals surface area (Å²) in [6, 6.07) is 15.4. The number of benzene rings is 2. The molecule has 0 aliphatic carbocycles. The molecule has 180 valence electrons. The molecule has 2 aromatic carbocycles. The van der Waals surface area contributed by atoms with Crippen molar-refractivity contribution in [1.82, 2.24) is 14.2 Å². The molecule has 10 heteroatoms. The molecule has 35 heavy (non-hydrogen) atoms. The van der Waals surface area contributed by atoms with E-state index in [1.54, 1.807) is 48.8 Å². The lowest BCUT2D eigenvalue weighted by molar-refractivity contribution is -0.140. The van der Waals surface area contributed by atoms with E-state index in [4.69, 9.17) is 0 Å². The highest BCUT2D eigenvalue weighted by Gasteiger charge is 2.46. The highest BCUT2D eigenvalue weighted by Crippen LogP contribution is 2.40. The number of hydrogen-bond acceptors (Lipinski definition) is 6. The Bertz CT molecular complexity index is 1400. The average Bonchev–Trinajstić information content (AvgIpc) is 3.09. The summed E-state index contributed by atoms with van der Waals surface area (Å²) in [5.41, 5.74) is 1.54. The van der Waals surface area contributed by atoms with Crippen LogP contribution in [0.3, 0.4) is 0 Å². The zero-order chi connectivity index (χ0) is 25.3. The van der Waals surface area contributed by atoms with Crippen molar-refractivity contribution in [2.75, 3.05) is 14.1 Å². The van der Waals surface area contributed by atoms with Crippen molar-refractivity contribution in [3.8, 4) is 0 Å². The Labute approximate surface area is 211 Å². The normalized spacial score (nSPS) is 17.8. The number of pyridine rings is 1. The third kappa shape index (κ3) is 4.77. The Kier molecular flexibility index (Phi) is 6.88. The fraction of sp³-hybridized carbons (Fsp3) is 0.160. The second kappa shape index (κ2) is 9.73. The first-order valence-electron chi connectivity index (χ1n) is 10.6. The van der Waals surface area contributed by atoms with Gasteiger partial charge < -0.3 is 10.0 Å². The number of aliphatic hydroxyl groups is 1. The molecule has 0 bridgehead atoms. The van der Waals surface area contributed by atoms with Gasteiger partial charge in [-0.1, -0.05) is 34.1 Å². The molecule has 1 aromatic heterocycles. The molecule has 1 aliphatic heterocycles. The third-order valence-corrected chi connectivity index (χ3v) is 8.07. The maximum atomic E-state index is 13.2. The first-order chi connectivity index (χ1) is 16.6. The van der Waals surface area contributed by atoms with Gasteiger partial charge in [-0.25, -0.2) is 12.7 Å². The summed E-state index contributed by atoms with van der Waals surface area (Å²) in [4.78, 5) is 31.8. The van der Waals surface area contributed by atoms with Gasteiger partial charge in [0.25, 0.3) is 11.7 Å². The summed E-state index contributed by atoms with van der Waals surface area (Å²) in [6.45, 7) is 0.121. The van der Waals surface area contributed by atoms with Crippen LogP contribution >= 0.6 is 15.9 Å². The molecule has 1 N–H and O–H groups in total. The van der Waals surface area contributed by atoms with Crippen LogP contribution in [-0.2, 0) is 26.2 Å². The van der Waals surface area contributed by atoms with Crippen LogP contribution in [0.15, 0.2) is 88.0 Å². The Hall–Kier alpha value is -3.34. The molecule has 0 radical (unpaired) electrons. The summed E-state index contributed by atoms with van der Waals surface area (Å²) in [5, 5.41) is 11.2. The second-order valence-electron chi connectivity index (χ2n) is 8.15. The van der Waals surface area contributed by atoms with Crippen molar-refractivity contribution in [3.05, 3.63) is 99.8 Å². The zero-order valence-electron chi connectivity index (χ0n) is 18.9. The molecule has 1 aliphatic rings. The number of nitrogens with zero attached hydrogens (tertiary/aromatic N) is 3. The number of amides is 1. The molecule has 4 rings (SSSR count). The first kappa shape index (κ1) is 24.8. The molecule has 8 nitrogen and oxygen atoms in total. The smallest absolute Gasteiger partial charge is 0.295 e. The van der Waals surface area contributed by atoms with Crippen LogP contribution in [0.4, 0.5) is 0 Å². The SMILES string of the molecule is CN(C)S(=O)(=O)c1ccc(C(O)=C2C(=O)C(=O)N(Cc3cccnc3)[C@H]2c2ccc(Br)cc2)cc1. The quantitative estimate of drug-likeness (QED) is 0.282. The van der Waals surface area contributed by atoms with Gasteiger partial charge in [0.1, 0.15) is 5.76 Å². The van der Waals surface area contributed by atoms with E-state index in [2.05, 4.69) is 20.9 Å². The van der Waals surface area contributed by atoms with E-state index in [9.17, 15) is 23.1 Å². The summed E-state index contributed by atoms with van der Waals surface area (Å²) >= 11 is 3.39. The van der Waals surface area contributed by atoms with Gasteiger partial charge in [0.05, 0.1) is 16.5 Å². The molecular weight excluding hydrogens is 534 g/mol. The van der Waals surface area contributed by atoms with E-state index in [0.29, 0.717) is 5.56 Å². The minimum absolute atomic E-state index is 0.0422. The predicted molar refractivity (Wildman–Crippen MR) is 134 cm³/mol. The minimum atomic E-state index is -3.66. The van der Waals surface area contributed by atoms with Crippen LogP contribution in [-0.4, -0.2) is 53.5 Å². The van der Waals surface area contributed by atoms with Gasteiger partial charge in [-0.05, 0) is 53.6 Å². The van der Waals surface area contributed by atoms with E-state index >= 15 is 0 Å². The number of carbonyl (C=O) groups is 2. The van der Waals surface area contributed by atoms with Gasteiger partial charge in [0.15, 0.2) is 0 Å². The average molecular weight is 556 g/mol. The zero-order valence-corrected chi connectivity index (χ0v) is 21.3. The van der Waals surface area contributed by atoms with E-state index in [-0.39, 0.29) is 28.3 Å². The van der Waals surface area contributed by atoms with Gasteiger partial charge in [-0.2, -0.15) is 0 Å². The largest absolute Gasteiger partial charge is 0.507 e. The molecule has 0 spiro atoms. The molecule has 1 fully saturated rings. The van der Waals surface area contributed by atoms with Gasteiger partial charge in [0, 0.05) is 43.1 Å². The number of halogens is 1. The van der Waals surface area contributed by atoms with E-state index < -0.39 is 27.8 Å². The van der Waals surface area contributed by atoms with E-state index in [1.165, 1.54) is 43.3 Å². The first-order valence-corrected chi connectivity index (χ1v) is 12.8. The number of Topliss-reactive ketones (excluding diaryl/α,β-unsaturated/α-hetero) is 1. The monoisotopic (exact) mass is 555 g/mol. The number of ketones is 1. The van der Waals surface area contributed by atoms with Crippen molar-refractivity contribution in [2.24, 2.45) is 0 Å². The Morgan fingerprint density at radius 3 is 2.29 bits per heavy atom. The van der Waals surface area contributed by atoms with Crippen molar-refractivity contribution in [2.45, 2.75) is 17.5 Å². The van der Waals surface area contributed by atoms with Gasteiger partial charge >= 0.3 is 0 Å². The van der Waals surface area contributed by atoms with E-state index in [0.717, 1.165) is 14.3 Å². The highest BCUT2D eigenvalue weighted by atomic mass is 79.9. The molecule has 0 saturated carbocycles. The van der Waals surface area contributed by atoms with Crippen LogP contribution in [0.1, 0.15) is 22.7 Å². The Morgan fingerprint density at radius 1 is 1.06 bits per heavy atom. The van der Waals surface area contributed by atoms with Crippen LogP contribution < -0.4 is 0 Å². The molecule has 1 saturated heterocycles. The Morgan fingerprint density at radius 2 is 1.71 bits per heavy atom. The van der Waals surface area contributed by atoms with Crippen LogP contribution in [0.2, 0.25) is 0 Å². The molecular formula is C25H22BrN3O5S.